The van der Waals surface area contributed by atoms with Gasteiger partial charge in [0, 0.05) is 6.54 Å². The summed E-state index contributed by atoms with van der Waals surface area (Å²) in [5.41, 5.74) is 0.494. The van der Waals surface area contributed by atoms with E-state index in [9.17, 15) is 9.59 Å². The molecule has 1 aromatic rings. The highest BCUT2D eigenvalue weighted by Crippen LogP contribution is 2.30. The lowest BCUT2D eigenvalue weighted by atomic mass is 10.00. The first-order valence-electron chi connectivity index (χ1n) is 6.43. The number of para-hydroxylation sites is 2. The number of nitrogens with zero attached hydrogens (tertiary/aromatic N) is 1. The smallest absolute Gasteiger partial charge is 0.328 e. The maximum Gasteiger partial charge on any atom is 0.328 e. The molecule has 3 amide bonds. The van der Waals surface area contributed by atoms with Crippen molar-refractivity contribution in [2.24, 2.45) is 5.92 Å². The number of nitrogens with one attached hydrogen (secondary N) is 1. The van der Waals surface area contributed by atoms with Crippen LogP contribution < -0.4 is 15.0 Å². The van der Waals surface area contributed by atoms with Gasteiger partial charge in [0.2, 0.25) is 5.91 Å². The molecular weight excluding hydrogens is 244 g/mol. The van der Waals surface area contributed by atoms with Gasteiger partial charge in [0.25, 0.3) is 0 Å². The Hall–Kier alpha value is -2.04. The summed E-state index contributed by atoms with van der Waals surface area (Å²) in [6.45, 7) is 2.44. The number of benzene rings is 1. The molecule has 0 saturated carbocycles. The molecule has 19 heavy (non-hydrogen) atoms. The number of urea groups is 1. The first kappa shape index (κ1) is 13.4. The van der Waals surface area contributed by atoms with Gasteiger partial charge in [0.15, 0.2) is 0 Å². The molecule has 102 valence electrons. The summed E-state index contributed by atoms with van der Waals surface area (Å²) in [7, 11) is 1.52. The maximum atomic E-state index is 12.4. The standard InChI is InChI=1S/C14H18N2O3/c1-3-6-10-9-15-14(18)16(13(10)17)11-7-4-5-8-12(11)19-2/h4-5,7-8,10H,3,6,9H2,1-2H3,(H,15,18). The minimum absolute atomic E-state index is 0.157. The molecule has 1 atom stereocenters. The first-order valence-corrected chi connectivity index (χ1v) is 6.43. The van der Waals surface area contributed by atoms with E-state index in [0.717, 1.165) is 12.8 Å². The van der Waals surface area contributed by atoms with Crippen LogP contribution in [0.3, 0.4) is 0 Å². The molecule has 2 rings (SSSR count). The van der Waals surface area contributed by atoms with E-state index in [0.29, 0.717) is 18.0 Å². The molecule has 1 aliphatic rings. The number of ether oxygens (including phenoxy) is 1. The number of imide groups is 1. The Balaban J connectivity index is 2.34. The van der Waals surface area contributed by atoms with Gasteiger partial charge in [-0.15, -0.1) is 0 Å². The molecular formula is C14H18N2O3. The number of carbonyl (C=O) groups is 2. The minimum atomic E-state index is -0.387. The molecule has 5 heteroatoms. The van der Waals surface area contributed by atoms with Crippen molar-refractivity contribution in [3.05, 3.63) is 24.3 Å². The van der Waals surface area contributed by atoms with Crippen molar-refractivity contribution < 1.29 is 14.3 Å². The fourth-order valence-corrected chi connectivity index (χ4v) is 2.28. The Bertz CT molecular complexity index is 487. The van der Waals surface area contributed by atoms with Gasteiger partial charge in [0.1, 0.15) is 5.75 Å². The van der Waals surface area contributed by atoms with Crippen molar-refractivity contribution in [1.82, 2.24) is 5.32 Å². The number of anilines is 1. The van der Waals surface area contributed by atoms with E-state index in [1.54, 1.807) is 24.3 Å². The van der Waals surface area contributed by atoms with E-state index in [2.05, 4.69) is 5.32 Å². The van der Waals surface area contributed by atoms with Crippen LogP contribution in [-0.4, -0.2) is 25.6 Å². The van der Waals surface area contributed by atoms with E-state index < -0.39 is 0 Å². The number of methoxy groups -OCH3 is 1. The van der Waals surface area contributed by atoms with Gasteiger partial charge >= 0.3 is 6.03 Å². The topological polar surface area (TPSA) is 58.6 Å². The van der Waals surface area contributed by atoms with E-state index in [-0.39, 0.29) is 17.9 Å². The van der Waals surface area contributed by atoms with Crippen LogP contribution in [0.2, 0.25) is 0 Å². The molecule has 0 bridgehead atoms. The number of carbonyl (C=O) groups excluding carboxylic acids is 2. The van der Waals surface area contributed by atoms with Crippen molar-refractivity contribution >= 4 is 17.6 Å². The normalized spacial score (nSPS) is 19.3. The van der Waals surface area contributed by atoms with Crippen LogP contribution >= 0.6 is 0 Å². The lowest BCUT2D eigenvalue weighted by Gasteiger charge is -2.31. The van der Waals surface area contributed by atoms with E-state index >= 15 is 0 Å². The summed E-state index contributed by atoms with van der Waals surface area (Å²) in [5, 5.41) is 2.76. The SMILES string of the molecule is CCCC1CNC(=O)N(c2ccccc2OC)C1=O. The highest BCUT2D eigenvalue weighted by molar-refractivity contribution is 6.17. The monoisotopic (exact) mass is 262 g/mol. The lowest BCUT2D eigenvalue weighted by Crippen LogP contribution is -2.55. The molecule has 5 nitrogen and oxygen atoms in total. The highest BCUT2D eigenvalue weighted by atomic mass is 16.5. The minimum Gasteiger partial charge on any atom is -0.495 e. The molecule has 0 radical (unpaired) electrons. The van der Waals surface area contributed by atoms with Gasteiger partial charge in [0.05, 0.1) is 18.7 Å². The Morgan fingerprint density at radius 2 is 2.11 bits per heavy atom. The average molecular weight is 262 g/mol. The summed E-state index contributed by atoms with van der Waals surface area (Å²) in [5.74, 6) is 0.200. The van der Waals surface area contributed by atoms with Gasteiger partial charge in [-0.3, -0.25) is 4.79 Å². The third kappa shape index (κ3) is 2.54. The largest absolute Gasteiger partial charge is 0.495 e. The summed E-state index contributed by atoms with van der Waals surface area (Å²) >= 11 is 0. The van der Waals surface area contributed by atoms with Gasteiger partial charge in [-0.2, -0.15) is 0 Å². The summed E-state index contributed by atoms with van der Waals surface area (Å²) < 4.78 is 5.22. The maximum absolute atomic E-state index is 12.4. The third-order valence-electron chi connectivity index (χ3n) is 3.24. The van der Waals surface area contributed by atoms with Crippen LogP contribution in [0.5, 0.6) is 5.75 Å². The molecule has 0 aliphatic carbocycles. The Labute approximate surface area is 112 Å². The fraction of sp³-hybridized carbons (Fsp3) is 0.429. The quantitative estimate of drug-likeness (QED) is 0.904. The summed E-state index contributed by atoms with van der Waals surface area (Å²) in [6.07, 6.45) is 1.68. The van der Waals surface area contributed by atoms with Gasteiger partial charge in [-0.1, -0.05) is 25.5 Å². The Morgan fingerprint density at radius 3 is 2.79 bits per heavy atom. The predicted molar refractivity (Wildman–Crippen MR) is 72.3 cm³/mol. The molecule has 1 saturated heterocycles. The first-order chi connectivity index (χ1) is 9.19. The molecule has 1 heterocycles. The second-order valence-corrected chi connectivity index (χ2v) is 4.52. The van der Waals surface area contributed by atoms with Crippen LogP contribution in [0, 0.1) is 5.92 Å². The van der Waals surface area contributed by atoms with Gasteiger partial charge in [-0.05, 0) is 18.6 Å². The van der Waals surface area contributed by atoms with E-state index in [4.69, 9.17) is 4.74 Å². The van der Waals surface area contributed by atoms with Crippen molar-refractivity contribution in [3.8, 4) is 5.75 Å². The van der Waals surface area contributed by atoms with Crippen LogP contribution in [0.4, 0.5) is 10.5 Å². The molecule has 1 unspecified atom stereocenters. The van der Waals surface area contributed by atoms with Crippen LogP contribution in [-0.2, 0) is 4.79 Å². The van der Waals surface area contributed by atoms with Crippen molar-refractivity contribution in [1.29, 1.82) is 0 Å². The molecule has 0 aromatic heterocycles. The molecule has 0 spiro atoms. The van der Waals surface area contributed by atoms with Crippen LogP contribution in [0.1, 0.15) is 19.8 Å². The number of amides is 3. The average Bonchev–Trinajstić information content (AvgIpc) is 2.43. The predicted octanol–water partition coefficient (Wildman–Crippen LogP) is 2.17. The molecule has 1 N–H and O–H groups in total. The van der Waals surface area contributed by atoms with Crippen molar-refractivity contribution in [2.75, 3.05) is 18.6 Å². The van der Waals surface area contributed by atoms with Crippen LogP contribution in [0.15, 0.2) is 24.3 Å². The zero-order chi connectivity index (χ0) is 13.8. The van der Waals surface area contributed by atoms with Crippen LogP contribution in [0.25, 0.3) is 0 Å². The van der Waals surface area contributed by atoms with Crippen molar-refractivity contribution in [2.45, 2.75) is 19.8 Å². The zero-order valence-electron chi connectivity index (χ0n) is 11.2. The molecule has 1 fully saturated rings. The van der Waals surface area contributed by atoms with Gasteiger partial charge in [-0.25, -0.2) is 9.69 Å². The summed E-state index contributed by atoms with van der Waals surface area (Å²) in [6, 6.07) is 6.64. The zero-order valence-corrected chi connectivity index (χ0v) is 11.2. The number of rotatable bonds is 4. The summed E-state index contributed by atoms with van der Waals surface area (Å²) in [4.78, 5) is 25.5. The van der Waals surface area contributed by atoms with E-state index in [1.165, 1.54) is 12.0 Å². The third-order valence-corrected chi connectivity index (χ3v) is 3.24. The molecule has 1 aliphatic heterocycles. The Kier molecular flexibility index (Phi) is 4.04. The number of hydrogen-bond donors (Lipinski definition) is 1. The second-order valence-electron chi connectivity index (χ2n) is 4.52. The van der Waals surface area contributed by atoms with Crippen molar-refractivity contribution in [3.63, 3.8) is 0 Å². The highest BCUT2D eigenvalue weighted by Gasteiger charge is 2.35. The number of hydrogen-bond acceptors (Lipinski definition) is 3. The van der Waals surface area contributed by atoms with Gasteiger partial charge < -0.3 is 10.1 Å². The second kappa shape index (κ2) is 5.73. The lowest BCUT2D eigenvalue weighted by molar-refractivity contribution is -0.122. The Morgan fingerprint density at radius 1 is 1.37 bits per heavy atom. The fourth-order valence-electron chi connectivity index (χ4n) is 2.28. The molecule has 1 aromatic carbocycles. The van der Waals surface area contributed by atoms with E-state index in [1.807, 2.05) is 6.92 Å².